The first-order valence-corrected chi connectivity index (χ1v) is 11.3. The van der Waals surface area contributed by atoms with Crippen LogP contribution in [0.25, 0.3) is 0 Å². The summed E-state index contributed by atoms with van der Waals surface area (Å²) in [5.74, 6) is 1.13. The molecule has 0 bridgehead atoms. The van der Waals surface area contributed by atoms with Crippen LogP contribution in [-0.2, 0) is 19.6 Å². The van der Waals surface area contributed by atoms with Crippen LogP contribution >= 0.6 is 58.0 Å². The van der Waals surface area contributed by atoms with Gasteiger partial charge in [-0.15, -0.1) is 0 Å². The fraction of sp³-hybridized carbons (Fsp3) is 0.217. The van der Waals surface area contributed by atoms with Crippen LogP contribution in [0.5, 0.6) is 11.5 Å². The van der Waals surface area contributed by atoms with Crippen LogP contribution in [0.3, 0.4) is 0 Å². The first-order valence-electron chi connectivity index (χ1n) is 9.45. The average Bonchev–Trinajstić information content (AvgIpc) is 2.73. The van der Waals surface area contributed by atoms with E-state index < -0.39 is 0 Å². The smallest absolute Gasteiger partial charge is 0.163 e. The molecule has 0 aliphatic carbocycles. The van der Waals surface area contributed by atoms with E-state index in [4.69, 9.17) is 67.5 Å². The van der Waals surface area contributed by atoms with Gasteiger partial charge in [-0.2, -0.15) is 0 Å². The Balaban J connectivity index is 1.60. The second-order valence-corrected chi connectivity index (χ2v) is 8.88. The summed E-state index contributed by atoms with van der Waals surface area (Å²) in [5.41, 5.74) is 2.75. The molecule has 3 rings (SSSR count). The highest BCUT2D eigenvalue weighted by molar-refractivity contribution is 6.35. The third-order valence-electron chi connectivity index (χ3n) is 4.63. The maximum Gasteiger partial charge on any atom is 0.163 e. The van der Waals surface area contributed by atoms with Crippen molar-refractivity contribution in [1.29, 1.82) is 0 Å². The van der Waals surface area contributed by atoms with Gasteiger partial charge in [0.1, 0.15) is 6.61 Å². The van der Waals surface area contributed by atoms with E-state index in [0.29, 0.717) is 43.2 Å². The van der Waals surface area contributed by atoms with Gasteiger partial charge in [0.2, 0.25) is 0 Å². The molecule has 31 heavy (non-hydrogen) atoms. The Hall–Kier alpha value is -1.33. The van der Waals surface area contributed by atoms with E-state index in [1.165, 1.54) is 0 Å². The number of rotatable bonds is 9. The predicted molar refractivity (Wildman–Crippen MR) is 131 cm³/mol. The maximum absolute atomic E-state index is 6.48. The molecule has 3 aromatic carbocycles. The van der Waals surface area contributed by atoms with Crippen molar-refractivity contribution in [3.8, 4) is 11.5 Å². The van der Waals surface area contributed by atoms with Gasteiger partial charge in [0.15, 0.2) is 11.5 Å². The number of nitrogens with one attached hydrogen (secondary N) is 1. The van der Waals surface area contributed by atoms with Gasteiger partial charge in [0, 0.05) is 43.3 Å². The first-order chi connectivity index (χ1) is 14.9. The third kappa shape index (κ3) is 6.82. The van der Waals surface area contributed by atoms with Gasteiger partial charge in [-0.3, -0.25) is 0 Å². The Morgan fingerprint density at radius 3 is 1.94 bits per heavy atom. The summed E-state index contributed by atoms with van der Waals surface area (Å²) in [6.45, 7) is 1.57. The molecule has 0 radical (unpaired) electrons. The molecule has 0 aromatic heterocycles. The SMILES string of the molecule is COc1cc(CNCCc2ccc(Cl)cc2Cl)c(Cl)cc1OCc1ccc(Cl)cc1Cl. The second kappa shape index (κ2) is 11.5. The number of methoxy groups -OCH3 is 1. The Labute approximate surface area is 207 Å². The highest BCUT2D eigenvalue weighted by Crippen LogP contribution is 2.34. The van der Waals surface area contributed by atoms with Crippen LogP contribution < -0.4 is 14.8 Å². The van der Waals surface area contributed by atoms with Crippen molar-refractivity contribution < 1.29 is 9.47 Å². The molecule has 0 amide bonds. The van der Waals surface area contributed by atoms with Crippen LogP contribution in [0.15, 0.2) is 48.5 Å². The topological polar surface area (TPSA) is 30.5 Å². The molecule has 164 valence electrons. The minimum Gasteiger partial charge on any atom is -0.493 e. The van der Waals surface area contributed by atoms with Crippen LogP contribution in [0.1, 0.15) is 16.7 Å². The van der Waals surface area contributed by atoms with Crippen molar-refractivity contribution in [1.82, 2.24) is 5.32 Å². The minimum absolute atomic E-state index is 0.266. The van der Waals surface area contributed by atoms with Crippen LogP contribution in [0.2, 0.25) is 25.1 Å². The zero-order chi connectivity index (χ0) is 22.4. The van der Waals surface area contributed by atoms with Gasteiger partial charge in [0.25, 0.3) is 0 Å². The average molecular weight is 520 g/mol. The second-order valence-electron chi connectivity index (χ2n) is 6.78. The normalized spacial score (nSPS) is 10.9. The molecule has 8 heteroatoms. The number of ether oxygens (including phenoxy) is 2. The number of hydrogen-bond acceptors (Lipinski definition) is 3. The molecule has 0 fully saturated rings. The van der Waals surface area contributed by atoms with Crippen molar-refractivity contribution in [3.63, 3.8) is 0 Å². The van der Waals surface area contributed by atoms with Crippen molar-refractivity contribution in [2.24, 2.45) is 0 Å². The lowest BCUT2D eigenvalue weighted by Gasteiger charge is -2.15. The molecular formula is C23H20Cl5NO2. The van der Waals surface area contributed by atoms with Crippen LogP contribution in [-0.4, -0.2) is 13.7 Å². The molecule has 0 spiro atoms. The van der Waals surface area contributed by atoms with Crippen molar-refractivity contribution >= 4 is 58.0 Å². The maximum atomic E-state index is 6.48. The summed E-state index contributed by atoms with van der Waals surface area (Å²) in [6.07, 6.45) is 0.772. The Morgan fingerprint density at radius 2 is 1.32 bits per heavy atom. The number of hydrogen-bond donors (Lipinski definition) is 1. The highest BCUT2D eigenvalue weighted by atomic mass is 35.5. The Kier molecular flexibility index (Phi) is 9.03. The molecule has 0 heterocycles. The standard InChI is InChI=1S/C23H20Cl5NO2/c1-30-22-8-16(12-29-7-6-14-2-4-17(24)9-19(14)26)21(28)11-23(22)31-13-15-3-5-18(25)10-20(15)27/h2-5,8-11,29H,6-7,12-13H2,1H3. The predicted octanol–water partition coefficient (Wildman–Crippen LogP) is 7.87. The number of halogens is 5. The van der Waals surface area contributed by atoms with E-state index in [0.717, 1.165) is 29.7 Å². The fourth-order valence-electron chi connectivity index (χ4n) is 2.95. The van der Waals surface area contributed by atoms with E-state index >= 15 is 0 Å². The van der Waals surface area contributed by atoms with Gasteiger partial charge in [-0.05, 0) is 54.4 Å². The molecule has 0 aliphatic heterocycles. The third-order valence-corrected chi connectivity index (χ3v) is 6.16. The zero-order valence-electron chi connectivity index (χ0n) is 16.7. The molecule has 0 aliphatic rings. The molecule has 0 atom stereocenters. The van der Waals surface area contributed by atoms with Gasteiger partial charge < -0.3 is 14.8 Å². The lowest BCUT2D eigenvalue weighted by molar-refractivity contribution is 0.284. The van der Waals surface area contributed by atoms with Crippen LogP contribution in [0, 0.1) is 0 Å². The number of benzene rings is 3. The molecule has 1 N–H and O–H groups in total. The summed E-state index contributed by atoms with van der Waals surface area (Å²) < 4.78 is 11.4. The lowest BCUT2D eigenvalue weighted by atomic mass is 10.1. The monoisotopic (exact) mass is 517 g/mol. The van der Waals surface area contributed by atoms with Crippen molar-refractivity contribution in [2.45, 2.75) is 19.6 Å². The summed E-state index contributed by atoms with van der Waals surface area (Å²) in [6, 6.07) is 14.4. The van der Waals surface area contributed by atoms with Crippen molar-refractivity contribution in [3.05, 3.63) is 90.3 Å². The summed E-state index contributed by atoms with van der Waals surface area (Å²) in [5, 5.41) is 6.35. The lowest BCUT2D eigenvalue weighted by Crippen LogP contribution is -2.17. The van der Waals surface area contributed by atoms with E-state index in [1.807, 2.05) is 24.3 Å². The molecule has 0 saturated heterocycles. The Morgan fingerprint density at radius 1 is 0.710 bits per heavy atom. The fourth-order valence-corrected chi connectivity index (χ4v) is 4.14. The molecular weight excluding hydrogens is 500 g/mol. The summed E-state index contributed by atoms with van der Waals surface area (Å²) in [4.78, 5) is 0. The molecule has 0 saturated carbocycles. The van der Waals surface area contributed by atoms with Crippen LogP contribution in [0.4, 0.5) is 0 Å². The molecule has 0 unspecified atom stereocenters. The zero-order valence-corrected chi connectivity index (χ0v) is 20.4. The van der Waals surface area contributed by atoms with E-state index in [9.17, 15) is 0 Å². The Bertz CT molecular complexity index is 1060. The quantitative estimate of drug-likeness (QED) is 0.292. The van der Waals surface area contributed by atoms with E-state index in [-0.39, 0.29) is 6.61 Å². The van der Waals surface area contributed by atoms with Gasteiger partial charge in [-0.1, -0.05) is 70.1 Å². The van der Waals surface area contributed by atoms with Gasteiger partial charge in [0.05, 0.1) is 7.11 Å². The van der Waals surface area contributed by atoms with Gasteiger partial charge in [-0.25, -0.2) is 0 Å². The minimum atomic E-state index is 0.266. The van der Waals surface area contributed by atoms with Gasteiger partial charge >= 0.3 is 0 Å². The van der Waals surface area contributed by atoms with Crippen molar-refractivity contribution in [2.75, 3.05) is 13.7 Å². The highest BCUT2D eigenvalue weighted by Gasteiger charge is 2.12. The summed E-state index contributed by atoms with van der Waals surface area (Å²) in [7, 11) is 1.59. The molecule has 3 nitrogen and oxygen atoms in total. The van der Waals surface area contributed by atoms with E-state index in [1.54, 1.807) is 31.4 Å². The summed E-state index contributed by atoms with van der Waals surface area (Å²) >= 11 is 30.8. The molecule has 3 aromatic rings. The van der Waals surface area contributed by atoms with E-state index in [2.05, 4.69) is 5.32 Å². The largest absolute Gasteiger partial charge is 0.493 e. The first kappa shape index (κ1) is 24.3.